The molecule has 0 radical (unpaired) electrons. The summed E-state index contributed by atoms with van der Waals surface area (Å²) in [7, 11) is 0. The van der Waals surface area contributed by atoms with Gasteiger partial charge in [0.2, 0.25) is 5.91 Å². The number of amides is 1. The predicted molar refractivity (Wildman–Crippen MR) is 107 cm³/mol. The highest BCUT2D eigenvalue weighted by atomic mass is 32.1. The molecule has 1 amide bonds. The summed E-state index contributed by atoms with van der Waals surface area (Å²) in [6, 6.07) is 6.60. The number of aromatic nitrogens is 1. The van der Waals surface area contributed by atoms with Gasteiger partial charge >= 0.3 is 0 Å². The first-order chi connectivity index (χ1) is 13.1. The third-order valence-electron chi connectivity index (χ3n) is 5.36. The molecule has 1 N–H and O–H groups in total. The van der Waals surface area contributed by atoms with E-state index in [0.717, 1.165) is 49.8 Å². The molecule has 2 aromatic rings. The molecule has 1 aromatic heterocycles. The second kappa shape index (κ2) is 7.94. The van der Waals surface area contributed by atoms with Crippen LogP contribution in [0.5, 0.6) is 0 Å². The normalized spacial score (nSPS) is 20.4. The summed E-state index contributed by atoms with van der Waals surface area (Å²) in [5, 5.41) is 3.72. The van der Waals surface area contributed by atoms with Crippen molar-refractivity contribution in [3.05, 3.63) is 40.7 Å². The summed E-state index contributed by atoms with van der Waals surface area (Å²) < 4.78 is 13.1. The summed E-state index contributed by atoms with van der Waals surface area (Å²) >= 11 is 1.63. The summed E-state index contributed by atoms with van der Waals surface area (Å²) in [5.41, 5.74) is 2.20. The van der Waals surface area contributed by atoms with Gasteiger partial charge in [0.25, 0.3) is 0 Å². The number of anilines is 2. The van der Waals surface area contributed by atoms with E-state index in [1.807, 2.05) is 12.1 Å². The van der Waals surface area contributed by atoms with Crippen LogP contribution in [0.25, 0.3) is 0 Å². The molecule has 1 saturated heterocycles. The average Bonchev–Trinajstić information content (AvgIpc) is 3.04. The zero-order valence-electron chi connectivity index (χ0n) is 15.6. The van der Waals surface area contributed by atoms with E-state index in [2.05, 4.69) is 27.0 Å². The largest absolute Gasteiger partial charge is 0.369 e. The second-order valence-electron chi connectivity index (χ2n) is 7.52. The van der Waals surface area contributed by atoms with E-state index < -0.39 is 0 Å². The van der Waals surface area contributed by atoms with Crippen LogP contribution >= 0.6 is 11.3 Å². The molecular formula is C20H25FN4OS. The van der Waals surface area contributed by atoms with Gasteiger partial charge in [0.15, 0.2) is 5.13 Å². The van der Waals surface area contributed by atoms with Crippen LogP contribution in [-0.4, -0.2) is 48.5 Å². The Bertz CT molecular complexity index is 799. The lowest BCUT2D eigenvalue weighted by Crippen LogP contribution is -2.48. The van der Waals surface area contributed by atoms with E-state index >= 15 is 0 Å². The molecule has 0 spiro atoms. The number of benzene rings is 1. The Labute approximate surface area is 163 Å². The Morgan fingerprint density at radius 3 is 2.74 bits per heavy atom. The van der Waals surface area contributed by atoms with E-state index in [4.69, 9.17) is 0 Å². The first kappa shape index (κ1) is 18.4. The van der Waals surface area contributed by atoms with Crippen molar-refractivity contribution < 1.29 is 9.18 Å². The summed E-state index contributed by atoms with van der Waals surface area (Å²) in [6.07, 6.45) is 3.28. The molecule has 1 atom stereocenters. The van der Waals surface area contributed by atoms with E-state index in [-0.39, 0.29) is 11.7 Å². The zero-order chi connectivity index (χ0) is 18.8. The van der Waals surface area contributed by atoms with E-state index in [9.17, 15) is 9.18 Å². The van der Waals surface area contributed by atoms with Crippen LogP contribution in [-0.2, 0) is 17.6 Å². The highest BCUT2D eigenvalue weighted by Crippen LogP contribution is 2.32. The van der Waals surface area contributed by atoms with E-state index in [1.54, 1.807) is 11.3 Å². The maximum absolute atomic E-state index is 13.1. The summed E-state index contributed by atoms with van der Waals surface area (Å²) in [4.78, 5) is 22.7. The fraction of sp³-hybridized carbons (Fsp3) is 0.500. The number of fused-ring (bicyclic) bond motifs is 1. The van der Waals surface area contributed by atoms with Crippen LogP contribution in [0.3, 0.4) is 0 Å². The standard InChI is InChI=1S/C20H25FN4OS/c1-14-2-7-17-18(12-14)27-20(22-17)23-19(26)13-24-8-10-25(11-9-24)16-5-3-15(21)4-6-16/h3-6,14H,2,7-13H2,1H3,(H,22,23,26)/t14-/m0/s1. The third-order valence-corrected chi connectivity index (χ3v) is 6.40. The number of thiazole rings is 1. The van der Waals surface area contributed by atoms with Crippen molar-refractivity contribution in [3.8, 4) is 0 Å². The fourth-order valence-electron chi connectivity index (χ4n) is 3.77. The molecule has 7 heteroatoms. The Hall–Kier alpha value is -1.99. The number of nitrogens with one attached hydrogen (secondary N) is 1. The SMILES string of the molecule is C[C@H]1CCc2nc(NC(=O)CN3CCN(c4ccc(F)cc4)CC3)sc2C1. The maximum atomic E-state index is 13.1. The molecule has 1 aliphatic heterocycles. The van der Waals surface area contributed by atoms with Crippen LogP contribution in [0.15, 0.2) is 24.3 Å². The van der Waals surface area contributed by atoms with Gasteiger partial charge in [0, 0.05) is 36.7 Å². The molecule has 144 valence electrons. The Balaban J connectivity index is 1.27. The minimum atomic E-state index is -0.215. The van der Waals surface area contributed by atoms with Crippen molar-refractivity contribution in [2.45, 2.75) is 26.2 Å². The number of nitrogens with zero attached hydrogens (tertiary/aromatic N) is 3. The molecule has 1 fully saturated rings. The Kier molecular flexibility index (Phi) is 5.41. The van der Waals surface area contributed by atoms with Crippen molar-refractivity contribution in [1.82, 2.24) is 9.88 Å². The van der Waals surface area contributed by atoms with Crippen molar-refractivity contribution >= 4 is 28.1 Å². The first-order valence-corrected chi connectivity index (χ1v) is 10.4. The zero-order valence-corrected chi connectivity index (χ0v) is 16.4. The van der Waals surface area contributed by atoms with Crippen LogP contribution in [0.2, 0.25) is 0 Å². The number of hydrogen-bond acceptors (Lipinski definition) is 5. The van der Waals surface area contributed by atoms with Gasteiger partial charge in [-0.1, -0.05) is 6.92 Å². The lowest BCUT2D eigenvalue weighted by atomic mass is 9.93. The lowest BCUT2D eigenvalue weighted by molar-refractivity contribution is -0.117. The number of hydrogen-bond donors (Lipinski definition) is 1. The fourth-order valence-corrected chi connectivity index (χ4v) is 4.96. The average molecular weight is 389 g/mol. The summed E-state index contributed by atoms with van der Waals surface area (Å²) in [5.74, 6) is 0.496. The smallest absolute Gasteiger partial charge is 0.240 e. The molecule has 1 aliphatic carbocycles. The van der Waals surface area contributed by atoms with Crippen LogP contribution in [0, 0.1) is 11.7 Å². The number of carbonyl (C=O) groups is 1. The Morgan fingerprint density at radius 2 is 2.00 bits per heavy atom. The van der Waals surface area contributed by atoms with Gasteiger partial charge in [-0.15, -0.1) is 11.3 Å². The van der Waals surface area contributed by atoms with E-state index in [0.29, 0.717) is 12.5 Å². The van der Waals surface area contributed by atoms with Gasteiger partial charge in [0.05, 0.1) is 12.2 Å². The van der Waals surface area contributed by atoms with Crippen molar-refractivity contribution in [2.75, 3.05) is 42.9 Å². The maximum Gasteiger partial charge on any atom is 0.240 e. The van der Waals surface area contributed by atoms with E-state index in [1.165, 1.54) is 29.1 Å². The van der Waals surface area contributed by atoms with Gasteiger partial charge in [-0.25, -0.2) is 9.37 Å². The summed E-state index contributed by atoms with van der Waals surface area (Å²) in [6.45, 7) is 5.96. The molecular weight excluding hydrogens is 363 g/mol. The van der Waals surface area contributed by atoms with Crippen molar-refractivity contribution in [3.63, 3.8) is 0 Å². The molecule has 2 aliphatic rings. The Morgan fingerprint density at radius 1 is 1.26 bits per heavy atom. The van der Waals surface area contributed by atoms with Crippen LogP contribution in [0.1, 0.15) is 23.9 Å². The van der Waals surface area contributed by atoms with Gasteiger partial charge in [-0.2, -0.15) is 0 Å². The molecule has 0 bridgehead atoms. The minimum Gasteiger partial charge on any atom is -0.369 e. The molecule has 4 rings (SSSR count). The van der Waals surface area contributed by atoms with Gasteiger partial charge in [0.1, 0.15) is 5.82 Å². The molecule has 0 unspecified atom stereocenters. The topological polar surface area (TPSA) is 48.5 Å². The third kappa shape index (κ3) is 4.47. The number of rotatable bonds is 4. The molecule has 5 nitrogen and oxygen atoms in total. The number of piperazine rings is 1. The van der Waals surface area contributed by atoms with Crippen LogP contribution < -0.4 is 10.2 Å². The van der Waals surface area contributed by atoms with Gasteiger partial charge in [-0.05, 0) is 49.4 Å². The minimum absolute atomic E-state index is 0.00405. The van der Waals surface area contributed by atoms with Crippen molar-refractivity contribution in [2.24, 2.45) is 5.92 Å². The number of carbonyl (C=O) groups excluding carboxylic acids is 1. The van der Waals surface area contributed by atoms with Gasteiger partial charge in [-0.3, -0.25) is 9.69 Å². The predicted octanol–water partition coefficient (Wildman–Crippen LogP) is 3.17. The van der Waals surface area contributed by atoms with Gasteiger partial charge < -0.3 is 10.2 Å². The molecule has 0 saturated carbocycles. The lowest BCUT2D eigenvalue weighted by Gasteiger charge is -2.35. The highest BCUT2D eigenvalue weighted by Gasteiger charge is 2.22. The number of aryl methyl sites for hydroxylation is 1. The second-order valence-corrected chi connectivity index (χ2v) is 8.61. The highest BCUT2D eigenvalue weighted by molar-refractivity contribution is 7.15. The van der Waals surface area contributed by atoms with Crippen molar-refractivity contribution in [1.29, 1.82) is 0 Å². The molecule has 27 heavy (non-hydrogen) atoms. The first-order valence-electron chi connectivity index (χ1n) is 9.58. The quantitative estimate of drug-likeness (QED) is 0.874. The van der Waals surface area contributed by atoms with Crippen LogP contribution in [0.4, 0.5) is 15.2 Å². The monoisotopic (exact) mass is 388 g/mol. The number of halogens is 1. The molecule has 1 aromatic carbocycles. The molecule has 2 heterocycles.